The van der Waals surface area contributed by atoms with Crippen LogP contribution in [0.3, 0.4) is 0 Å². The van der Waals surface area contributed by atoms with Crippen LogP contribution in [0.15, 0.2) is 0 Å². The third-order valence-electron chi connectivity index (χ3n) is 4.90. The molecule has 9 heteroatoms. The van der Waals surface area contributed by atoms with Crippen LogP contribution in [0.25, 0.3) is 0 Å². The van der Waals surface area contributed by atoms with Gasteiger partial charge in [0.25, 0.3) is 0 Å². The number of fused-ring (bicyclic) bond motifs is 1. The minimum absolute atomic E-state index is 0.263. The van der Waals surface area contributed by atoms with Gasteiger partial charge in [-0.1, -0.05) is 0 Å². The highest BCUT2D eigenvalue weighted by Crippen LogP contribution is 2.38. The number of morpholine rings is 1. The maximum absolute atomic E-state index is 12.4. The molecular weight excluding hydrogens is 382 g/mol. The molecule has 1 fully saturated rings. The Morgan fingerprint density at radius 3 is 2.64 bits per heavy atom. The van der Waals surface area contributed by atoms with Crippen molar-refractivity contribution in [2.45, 2.75) is 32.6 Å². The molecule has 0 bridgehead atoms. The average molecular weight is 410 g/mol. The number of rotatable bonds is 6. The Labute approximate surface area is 168 Å². The molecule has 1 aliphatic heterocycles. The number of nitrogens with one attached hydrogen (secondary N) is 2. The molecule has 1 aromatic rings. The summed E-state index contributed by atoms with van der Waals surface area (Å²) in [7, 11) is 0. The Balaban J connectivity index is 1.60. The number of thiophene rings is 1. The highest BCUT2D eigenvalue weighted by molar-refractivity contribution is 7.17. The molecule has 2 heterocycles. The van der Waals surface area contributed by atoms with Crippen molar-refractivity contribution in [3.05, 3.63) is 16.0 Å². The van der Waals surface area contributed by atoms with Gasteiger partial charge >= 0.3 is 17.8 Å². The van der Waals surface area contributed by atoms with Crippen molar-refractivity contribution in [1.29, 1.82) is 0 Å². The van der Waals surface area contributed by atoms with E-state index in [-0.39, 0.29) is 6.61 Å². The molecule has 3 rings (SSSR count). The summed E-state index contributed by atoms with van der Waals surface area (Å²) >= 11 is 1.37. The number of carbonyl (C=O) groups excluding carboxylic acids is 3. The Bertz CT molecular complexity index is 727. The quantitative estimate of drug-likeness (QED) is 0.541. The summed E-state index contributed by atoms with van der Waals surface area (Å²) in [4.78, 5) is 40.2. The SMILES string of the molecule is CCOC(=O)c1c(NC(=O)C(=O)NCCN2CCOCC2)sc2c1CCCC2. The normalized spacial score (nSPS) is 16.9. The predicted octanol–water partition coefficient (Wildman–Crippen LogP) is 1.19. The van der Waals surface area contributed by atoms with Crippen LogP contribution in [0.1, 0.15) is 40.6 Å². The van der Waals surface area contributed by atoms with E-state index in [0.29, 0.717) is 36.9 Å². The molecule has 0 spiro atoms. The van der Waals surface area contributed by atoms with Crippen molar-refractivity contribution in [2.24, 2.45) is 0 Å². The van der Waals surface area contributed by atoms with Crippen LogP contribution in [0.5, 0.6) is 0 Å². The van der Waals surface area contributed by atoms with E-state index < -0.39 is 17.8 Å². The average Bonchev–Trinajstić information content (AvgIpc) is 3.06. The first-order valence-corrected chi connectivity index (χ1v) is 10.6. The second kappa shape index (κ2) is 9.99. The molecule has 1 aromatic heterocycles. The Kier molecular flexibility index (Phi) is 7.41. The van der Waals surface area contributed by atoms with Gasteiger partial charge in [-0.15, -0.1) is 11.3 Å². The number of aryl methyl sites for hydroxylation is 1. The Morgan fingerprint density at radius 2 is 1.89 bits per heavy atom. The lowest BCUT2D eigenvalue weighted by Gasteiger charge is -2.26. The van der Waals surface area contributed by atoms with Crippen molar-refractivity contribution < 1.29 is 23.9 Å². The highest BCUT2D eigenvalue weighted by Gasteiger charge is 2.28. The maximum atomic E-state index is 12.4. The first-order chi connectivity index (χ1) is 13.6. The minimum Gasteiger partial charge on any atom is -0.462 e. The van der Waals surface area contributed by atoms with E-state index in [2.05, 4.69) is 15.5 Å². The first-order valence-electron chi connectivity index (χ1n) is 9.81. The van der Waals surface area contributed by atoms with Crippen LogP contribution in [-0.2, 0) is 31.9 Å². The zero-order valence-electron chi connectivity index (χ0n) is 16.2. The molecule has 154 valence electrons. The number of carbonyl (C=O) groups is 3. The standard InChI is InChI=1S/C19H27N3O5S/c1-2-27-19(25)15-13-5-3-4-6-14(13)28-18(15)21-17(24)16(23)20-7-8-22-9-11-26-12-10-22/h2-12H2,1H3,(H,20,23)(H,21,24). The van der Waals surface area contributed by atoms with Crippen molar-refractivity contribution in [1.82, 2.24) is 10.2 Å². The molecule has 1 saturated heterocycles. The van der Waals surface area contributed by atoms with E-state index in [9.17, 15) is 14.4 Å². The molecule has 8 nitrogen and oxygen atoms in total. The summed E-state index contributed by atoms with van der Waals surface area (Å²) in [6.45, 7) is 6.09. The number of esters is 1. The van der Waals surface area contributed by atoms with Crippen molar-refractivity contribution in [2.75, 3.05) is 51.3 Å². The maximum Gasteiger partial charge on any atom is 0.341 e. The van der Waals surface area contributed by atoms with E-state index in [1.54, 1.807) is 6.92 Å². The summed E-state index contributed by atoms with van der Waals surface area (Å²) in [5.74, 6) is -1.90. The number of nitrogens with zero attached hydrogens (tertiary/aromatic N) is 1. The number of anilines is 1. The topological polar surface area (TPSA) is 97.0 Å². The number of hydrogen-bond acceptors (Lipinski definition) is 7. The summed E-state index contributed by atoms with van der Waals surface area (Å²) < 4.78 is 10.5. The number of amides is 2. The second-order valence-electron chi connectivity index (χ2n) is 6.80. The largest absolute Gasteiger partial charge is 0.462 e. The van der Waals surface area contributed by atoms with Crippen molar-refractivity contribution in [3.8, 4) is 0 Å². The summed E-state index contributed by atoms with van der Waals surface area (Å²) in [6, 6.07) is 0. The molecule has 0 radical (unpaired) electrons. The number of hydrogen-bond donors (Lipinski definition) is 2. The summed E-state index contributed by atoms with van der Waals surface area (Å²) in [6.07, 6.45) is 3.74. The fraction of sp³-hybridized carbons (Fsp3) is 0.632. The van der Waals surface area contributed by atoms with Crippen molar-refractivity contribution in [3.63, 3.8) is 0 Å². The van der Waals surface area contributed by atoms with Crippen LogP contribution >= 0.6 is 11.3 Å². The van der Waals surface area contributed by atoms with E-state index in [1.165, 1.54) is 11.3 Å². The Hall–Kier alpha value is -1.97. The van der Waals surface area contributed by atoms with Gasteiger partial charge in [-0.3, -0.25) is 14.5 Å². The zero-order chi connectivity index (χ0) is 19.9. The van der Waals surface area contributed by atoms with E-state index >= 15 is 0 Å². The lowest BCUT2D eigenvalue weighted by atomic mass is 9.95. The monoisotopic (exact) mass is 409 g/mol. The number of ether oxygens (including phenoxy) is 2. The molecule has 0 unspecified atom stereocenters. The molecule has 1 aliphatic carbocycles. The molecule has 0 aromatic carbocycles. The molecule has 28 heavy (non-hydrogen) atoms. The van der Waals surface area contributed by atoms with Crippen LogP contribution in [-0.4, -0.2) is 68.7 Å². The van der Waals surface area contributed by atoms with E-state index in [1.807, 2.05) is 0 Å². The molecule has 0 atom stereocenters. The Morgan fingerprint density at radius 1 is 1.14 bits per heavy atom. The fourth-order valence-electron chi connectivity index (χ4n) is 3.47. The smallest absolute Gasteiger partial charge is 0.341 e. The third kappa shape index (κ3) is 5.09. The molecule has 2 N–H and O–H groups in total. The van der Waals surface area contributed by atoms with Gasteiger partial charge in [0.05, 0.1) is 25.4 Å². The summed E-state index contributed by atoms with van der Waals surface area (Å²) in [5.41, 5.74) is 1.37. The van der Waals surface area contributed by atoms with Crippen LogP contribution in [0.2, 0.25) is 0 Å². The van der Waals surface area contributed by atoms with Gasteiger partial charge in [0.1, 0.15) is 5.00 Å². The van der Waals surface area contributed by atoms with Gasteiger partial charge < -0.3 is 20.1 Å². The van der Waals surface area contributed by atoms with Gasteiger partial charge in [-0.05, 0) is 38.2 Å². The fourth-order valence-corrected chi connectivity index (χ4v) is 4.74. The highest BCUT2D eigenvalue weighted by atomic mass is 32.1. The van der Waals surface area contributed by atoms with Crippen LogP contribution < -0.4 is 10.6 Å². The van der Waals surface area contributed by atoms with Gasteiger partial charge in [0, 0.05) is 31.1 Å². The van der Waals surface area contributed by atoms with Crippen LogP contribution in [0.4, 0.5) is 5.00 Å². The first kappa shape index (κ1) is 20.8. The predicted molar refractivity (Wildman–Crippen MR) is 106 cm³/mol. The van der Waals surface area contributed by atoms with Crippen molar-refractivity contribution >= 4 is 34.1 Å². The molecule has 2 aliphatic rings. The lowest BCUT2D eigenvalue weighted by Crippen LogP contribution is -2.43. The van der Waals surface area contributed by atoms with Gasteiger partial charge in [-0.25, -0.2) is 4.79 Å². The molecule has 0 saturated carbocycles. The third-order valence-corrected chi connectivity index (χ3v) is 6.11. The van der Waals surface area contributed by atoms with E-state index in [0.717, 1.165) is 49.2 Å². The van der Waals surface area contributed by atoms with Gasteiger partial charge in [0.2, 0.25) is 0 Å². The van der Waals surface area contributed by atoms with E-state index in [4.69, 9.17) is 9.47 Å². The second-order valence-corrected chi connectivity index (χ2v) is 7.90. The molecular formula is C19H27N3O5S. The van der Waals surface area contributed by atoms with Gasteiger partial charge in [0.15, 0.2) is 0 Å². The van der Waals surface area contributed by atoms with Gasteiger partial charge in [-0.2, -0.15) is 0 Å². The van der Waals surface area contributed by atoms with Crippen LogP contribution in [0, 0.1) is 0 Å². The zero-order valence-corrected chi connectivity index (χ0v) is 17.0. The minimum atomic E-state index is -0.758. The molecule has 2 amide bonds. The lowest BCUT2D eigenvalue weighted by molar-refractivity contribution is -0.136. The summed E-state index contributed by atoms with van der Waals surface area (Å²) in [5, 5.41) is 5.68.